The molecule has 0 spiro atoms. The van der Waals surface area contributed by atoms with Gasteiger partial charge in [0, 0.05) is 5.56 Å². The Morgan fingerprint density at radius 1 is 0.667 bits per heavy atom. The fourth-order valence-electron chi connectivity index (χ4n) is 3.38. The minimum atomic E-state index is 0.868. The normalized spacial score (nSPS) is 12.0. The highest BCUT2D eigenvalue weighted by molar-refractivity contribution is 6.39. The monoisotopic (exact) mass is 354 g/mol. The largest absolute Gasteiger partial charge is 0.254 e. The molecule has 0 radical (unpaired) electrons. The van der Waals surface area contributed by atoms with Crippen molar-refractivity contribution < 1.29 is 0 Å². The minimum absolute atomic E-state index is 0.868. The summed E-state index contributed by atoms with van der Waals surface area (Å²) in [5, 5.41) is 0. The van der Waals surface area contributed by atoms with Gasteiger partial charge in [0.05, 0.1) is 23.3 Å². The molecule has 0 amide bonds. The van der Waals surface area contributed by atoms with Crippen LogP contribution in [0.1, 0.15) is 33.4 Å². The lowest BCUT2D eigenvalue weighted by Crippen LogP contribution is -2.03. The average molecular weight is 354 g/mol. The standard InChI is InChI=1S/C25H26N2/c1-17-14-20(4)24(21(5)15-17)26-16-23(22-12-7-6-8-13-22)27-25-18(2)10-9-11-19(25)3/h6-16H,1-5H3. The Bertz CT molecular complexity index is 968. The molecule has 0 saturated carbocycles. The highest BCUT2D eigenvalue weighted by atomic mass is 14.8. The third-order valence-corrected chi connectivity index (χ3v) is 4.69. The molecule has 0 N–H and O–H groups in total. The first-order valence-corrected chi connectivity index (χ1v) is 9.28. The maximum absolute atomic E-state index is 4.99. The Morgan fingerprint density at radius 2 is 1.26 bits per heavy atom. The maximum atomic E-state index is 4.99. The molecule has 0 aliphatic carbocycles. The van der Waals surface area contributed by atoms with E-state index < -0.39 is 0 Å². The fraction of sp³-hybridized carbons (Fsp3) is 0.200. The molecule has 3 aromatic carbocycles. The predicted octanol–water partition coefficient (Wildman–Crippen LogP) is 6.75. The van der Waals surface area contributed by atoms with E-state index >= 15 is 0 Å². The molecule has 0 saturated heterocycles. The van der Waals surface area contributed by atoms with Crippen LogP contribution in [0.5, 0.6) is 0 Å². The van der Waals surface area contributed by atoms with Crippen LogP contribution in [0.25, 0.3) is 0 Å². The van der Waals surface area contributed by atoms with Crippen molar-refractivity contribution in [3.05, 3.63) is 94.0 Å². The zero-order chi connectivity index (χ0) is 19.4. The summed E-state index contributed by atoms with van der Waals surface area (Å²) in [7, 11) is 0. The summed E-state index contributed by atoms with van der Waals surface area (Å²) in [6.45, 7) is 10.5. The van der Waals surface area contributed by atoms with Crippen molar-refractivity contribution in [2.24, 2.45) is 9.98 Å². The molecule has 0 aromatic heterocycles. The van der Waals surface area contributed by atoms with Gasteiger partial charge in [0.2, 0.25) is 0 Å². The van der Waals surface area contributed by atoms with E-state index in [2.05, 4.69) is 77.1 Å². The number of nitrogens with zero attached hydrogens (tertiary/aromatic N) is 2. The molecular weight excluding hydrogens is 328 g/mol. The summed E-state index contributed by atoms with van der Waals surface area (Å²) < 4.78 is 0. The van der Waals surface area contributed by atoms with Crippen molar-refractivity contribution in [1.82, 2.24) is 0 Å². The number of hydrogen-bond donors (Lipinski definition) is 0. The SMILES string of the molecule is Cc1cc(C)c(N=CC(=Nc2c(C)cccc2C)c2ccccc2)c(C)c1. The molecule has 0 aliphatic heterocycles. The van der Waals surface area contributed by atoms with Gasteiger partial charge in [-0.2, -0.15) is 0 Å². The van der Waals surface area contributed by atoms with Crippen molar-refractivity contribution in [2.45, 2.75) is 34.6 Å². The number of para-hydroxylation sites is 1. The number of aliphatic imine (C=N–C) groups is 2. The third-order valence-electron chi connectivity index (χ3n) is 4.69. The van der Waals surface area contributed by atoms with Gasteiger partial charge in [0.15, 0.2) is 0 Å². The Kier molecular flexibility index (Phi) is 5.66. The van der Waals surface area contributed by atoms with Crippen LogP contribution < -0.4 is 0 Å². The third kappa shape index (κ3) is 4.40. The van der Waals surface area contributed by atoms with Crippen molar-refractivity contribution in [2.75, 3.05) is 0 Å². The van der Waals surface area contributed by atoms with Crippen molar-refractivity contribution in [1.29, 1.82) is 0 Å². The molecule has 3 aromatic rings. The summed E-state index contributed by atoms with van der Waals surface area (Å²) >= 11 is 0. The molecule has 27 heavy (non-hydrogen) atoms. The van der Waals surface area contributed by atoms with Crippen molar-refractivity contribution in [3.63, 3.8) is 0 Å². The highest BCUT2D eigenvalue weighted by Gasteiger charge is 2.07. The summed E-state index contributed by atoms with van der Waals surface area (Å²) in [4.78, 5) is 9.81. The smallest absolute Gasteiger partial charge is 0.0892 e. The zero-order valence-electron chi connectivity index (χ0n) is 16.7. The molecule has 2 heteroatoms. The molecule has 0 aliphatic rings. The molecule has 0 unspecified atom stereocenters. The quantitative estimate of drug-likeness (QED) is 0.463. The topological polar surface area (TPSA) is 24.7 Å². The zero-order valence-corrected chi connectivity index (χ0v) is 16.7. The van der Waals surface area contributed by atoms with Crippen LogP contribution in [0.2, 0.25) is 0 Å². The molecule has 3 rings (SSSR count). The van der Waals surface area contributed by atoms with E-state index in [1.807, 2.05) is 24.4 Å². The maximum Gasteiger partial charge on any atom is 0.0892 e. The average Bonchev–Trinajstić information content (AvgIpc) is 2.63. The molecular formula is C25H26N2. The van der Waals surface area contributed by atoms with Gasteiger partial charge in [-0.25, -0.2) is 4.99 Å². The Morgan fingerprint density at radius 3 is 1.85 bits per heavy atom. The molecule has 0 heterocycles. The highest BCUT2D eigenvalue weighted by Crippen LogP contribution is 2.26. The van der Waals surface area contributed by atoms with E-state index in [-0.39, 0.29) is 0 Å². The van der Waals surface area contributed by atoms with Gasteiger partial charge in [-0.05, 0) is 56.9 Å². The van der Waals surface area contributed by atoms with Crippen LogP contribution in [0.15, 0.2) is 70.6 Å². The molecule has 0 bridgehead atoms. The molecule has 0 atom stereocenters. The summed E-state index contributed by atoms with van der Waals surface area (Å²) in [5.41, 5.74) is 9.92. The number of rotatable bonds is 4. The van der Waals surface area contributed by atoms with Crippen LogP contribution in [0.4, 0.5) is 11.4 Å². The number of aryl methyl sites for hydroxylation is 5. The predicted molar refractivity (Wildman–Crippen MR) is 117 cm³/mol. The van der Waals surface area contributed by atoms with Gasteiger partial charge in [0.25, 0.3) is 0 Å². The van der Waals surface area contributed by atoms with E-state index in [0.29, 0.717) is 0 Å². The van der Waals surface area contributed by atoms with Crippen LogP contribution in [0.3, 0.4) is 0 Å². The van der Waals surface area contributed by atoms with Crippen LogP contribution in [-0.4, -0.2) is 11.9 Å². The van der Waals surface area contributed by atoms with E-state index in [1.165, 1.54) is 27.8 Å². The van der Waals surface area contributed by atoms with Crippen molar-refractivity contribution >= 4 is 23.3 Å². The van der Waals surface area contributed by atoms with E-state index in [0.717, 1.165) is 22.6 Å². The van der Waals surface area contributed by atoms with Crippen LogP contribution >= 0.6 is 0 Å². The lowest BCUT2D eigenvalue weighted by molar-refractivity contribution is 1.29. The van der Waals surface area contributed by atoms with Gasteiger partial charge in [-0.3, -0.25) is 4.99 Å². The van der Waals surface area contributed by atoms with E-state index in [9.17, 15) is 0 Å². The van der Waals surface area contributed by atoms with Gasteiger partial charge < -0.3 is 0 Å². The van der Waals surface area contributed by atoms with E-state index in [1.54, 1.807) is 0 Å². The first-order valence-electron chi connectivity index (χ1n) is 9.28. The molecule has 136 valence electrons. The molecule has 0 fully saturated rings. The number of hydrogen-bond acceptors (Lipinski definition) is 2. The van der Waals surface area contributed by atoms with E-state index in [4.69, 9.17) is 9.98 Å². The van der Waals surface area contributed by atoms with Crippen molar-refractivity contribution in [3.8, 4) is 0 Å². The number of benzene rings is 3. The second-order valence-corrected chi connectivity index (χ2v) is 7.11. The summed E-state index contributed by atoms with van der Waals surface area (Å²) in [6, 6.07) is 20.8. The van der Waals surface area contributed by atoms with Gasteiger partial charge in [-0.1, -0.05) is 66.2 Å². The molecule has 2 nitrogen and oxygen atoms in total. The second kappa shape index (κ2) is 8.13. The second-order valence-electron chi connectivity index (χ2n) is 7.11. The van der Waals surface area contributed by atoms with Gasteiger partial charge >= 0.3 is 0 Å². The Labute approximate surface area is 162 Å². The first kappa shape index (κ1) is 18.8. The first-order chi connectivity index (χ1) is 13.0. The lowest BCUT2D eigenvalue weighted by atomic mass is 10.1. The summed E-state index contributed by atoms with van der Waals surface area (Å²) in [5.74, 6) is 0. The van der Waals surface area contributed by atoms with Gasteiger partial charge in [0.1, 0.15) is 0 Å². The fourth-order valence-corrected chi connectivity index (χ4v) is 3.38. The minimum Gasteiger partial charge on any atom is -0.254 e. The summed E-state index contributed by atoms with van der Waals surface area (Å²) in [6.07, 6.45) is 1.89. The van der Waals surface area contributed by atoms with Crippen LogP contribution in [-0.2, 0) is 0 Å². The lowest BCUT2D eigenvalue weighted by Gasteiger charge is -2.09. The Balaban J connectivity index is 2.11. The Hall–Kier alpha value is -3.00. The van der Waals surface area contributed by atoms with Crippen LogP contribution in [0, 0.1) is 34.6 Å². The van der Waals surface area contributed by atoms with Gasteiger partial charge in [-0.15, -0.1) is 0 Å².